The van der Waals surface area contributed by atoms with Gasteiger partial charge in [-0.3, -0.25) is 4.72 Å². The largest absolute Gasteiger partial charge is 0.478 e. The average Bonchev–Trinajstić information content (AvgIpc) is 2.79. The first-order valence-corrected chi connectivity index (χ1v) is 12.8. The third-order valence-corrected chi connectivity index (χ3v) is 7.86. The summed E-state index contributed by atoms with van der Waals surface area (Å²) in [5.74, 6) is -1.09. The van der Waals surface area contributed by atoms with Crippen molar-refractivity contribution in [3.05, 3.63) is 53.6 Å². The number of anilines is 2. The third-order valence-electron chi connectivity index (χ3n) is 6.50. The molecule has 8 heteroatoms. The summed E-state index contributed by atoms with van der Waals surface area (Å²) in [7, 11) is -3.85. The molecule has 0 unspecified atom stereocenters. The van der Waals surface area contributed by atoms with E-state index in [1.54, 1.807) is 30.3 Å². The molecule has 0 spiro atoms. The maximum atomic E-state index is 13.0. The number of sulfonamides is 1. The molecule has 0 saturated carbocycles. The molecule has 2 heterocycles. The quantitative estimate of drug-likeness (QED) is 0.683. The summed E-state index contributed by atoms with van der Waals surface area (Å²) in [6.45, 7) is 5.79. The minimum atomic E-state index is -3.85. The van der Waals surface area contributed by atoms with Crippen LogP contribution in [0.3, 0.4) is 0 Å². The van der Waals surface area contributed by atoms with Gasteiger partial charge in [0.05, 0.1) is 21.8 Å². The van der Waals surface area contributed by atoms with Crippen LogP contribution < -0.4 is 9.62 Å². The Bertz CT molecular complexity index is 1070. The van der Waals surface area contributed by atoms with Crippen molar-refractivity contribution in [3.8, 4) is 0 Å². The summed E-state index contributed by atoms with van der Waals surface area (Å²) >= 11 is 0. The molecule has 2 fully saturated rings. The van der Waals surface area contributed by atoms with Gasteiger partial charge in [0.25, 0.3) is 10.0 Å². The van der Waals surface area contributed by atoms with E-state index in [2.05, 4.69) is 14.5 Å². The van der Waals surface area contributed by atoms with Crippen LogP contribution in [0, 0.1) is 6.92 Å². The Kier molecular flexibility index (Phi) is 6.71. The number of rotatable bonds is 6. The van der Waals surface area contributed by atoms with Gasteiger partial charge in [0.15, 0.2) is 0 Å². The Balaban J connectivity index is 1.57. The van der Waals surface area contributed by atoms with Crippen LogP contribution in [0.1, 0.15) is 48.0 Å². The summed E-state index contributed by atoms with van der Waals surface area (Å²) in [5.41, 5.74) is 1.93. The van der Waals surface area contributed by atoms with Crippen LogP contribution in [0.5, 0.6) is 0 Å². The lowest BCUT2D eigenvalue weighted by Crippen LogP contribution is -2.46. The smallest absolute Gasteiger partial charge is 0.335 e. The molecule has 2 aliphatic rings. The van der Waals surface area contributed by atoms with E-state index < -0.39 is 16.0 Å². The van der Waals surface area contributed by atoms with Gasteiger partial charge in [-0.05, 0) is 81.6 Å². The third kappa shape index (κ3) is 5.07. The van der Waals surface area contributed by atoms with Crippen LogP contribution in [0.25, 0.3) is 0 Å². The fourth-order valence-electron chi connectivity index (χ4n) is 4.77. The molecular formula is C24H31N3O4S. The van der Waals surface area contributed by atoms with Crippen molar-refractivity contribution < 1.29 is 18.3 Å². The zero-order chi connectivity index (χ0) is 22.7. The average molecular weight is 458 g/mol. The molecule has 0 amide bonds. The maximum absolute atomic E-state index is 13.0. The predicted molar refractivity (Wildman–Crippen MR) is 126 cm³/mol. The molecule has 172 valence electrons. The summed E-state index contributed by atoms with van der Waals surface area (Å²) in [5, 5.41) is 9.44. The fraction of sp³-hybridized carbons (Fsp3) is 0.458. The number of benzene rings is 2. The highest BCUT2D eigenvalue weighted by Gasteiger charge is 2.27. The lowest BCUT2D eigenvalue weighted by Gasteiger charge is -2.41. The zero-order valence-corrected chi connectivity index (χ0v) is 19.3. The van der Waals surface area contributed by atoms with Crippen LogP contribution in [0.15, 0.2) is 47.4 Å². The first-order chi connectivity index (χ1) is 15.3. The first-order valence-electron chi connectivity index (χ1n) is 11.3. The van der Waals surface area contributed by atoms with Crippen LogP contribution in [0.2, 0.25) is 0 Å². The molecule has 2 N–H and O–H groups in total. The van der Waals surface area contributed by atoms with Gasteiger partial charge in [0.2, 0.25) is 0 Å². The Morgan fingerprint density at radius 2 is 1.72 bits per heavy atom. The number of nitrogens with one attached hydrogen (secondary N) is 1. The standard InChI is InChI=1S/C24H31N3O4S/c1-18-6-5-7-21(16-18)32(30,31)25-22-17-19(24(28)29)8-9-23(22)27-14-10-20(11-15-27)26-12-3-2-4-13-26/h5-9,16-17,20,25H,2-4,10-15H2,1H3,(H,28,29). The van der Waals surface area contributed by atoms with Gasteiger partial charge in [-0.15, -0.1) is 0 Å². The molecule has 2 saturated heterocycles. The second kappa shape index (κ2) is 9.50. The Hall–Kier alpha value is -2.58. The molecule has 2 aliphatic heterocycles. The maximum Gasteiger partial charge on any atom is 0.335 e. The van der Waals surface area contributed by atoms with Crippen molar-refractivity contribution in [1.82, 2.24) is 4.90 Å². The molecule has 0 aromatic heterocycles. The SMILES string of the molecule is Cc1cccc(S(=O)(=O)Nc2cc(C(=O)O)ccc2N2CCC(N3CCCCC3)CC2)c1. The van der Waals surface area contributed by atoms with E-state index in [4.69, 9.17) is 0 Å². The number of likely N-dealkylation sites (tertiary alicyclic amines) is 1. The summed E-state index contributed by atoms with van der Waals surface area (Å²) in [4.78, 5) is 16.5. The van der Waals surface area contributed by atoms with Crippen molar-refractivity contribution in [2.75, 3.05) is 35.8 Å². The van der Waals surface area contributed by atoms with Crippen molar-refractivity contribution >= 4 is 27.4 Å². The lowest BCUT2D eigenvalue weighted by atomic mass is 9.99. The number of hydrogen-bond donors (Lipinski definition) is 2. The number of carboxylic acids is 1. The van der Waals surface area contributed by atoms with E-state index in [-0.39, 0.29) is 10.5 Å². The van der Waals surface area contributed by atoms with E-state index in [1.807, 2.05) is 13.0 Å². The van der Waals surface area contributed by atoms with Gasteiger partial charge in [0.1, 0.15) is 0 Å². The van der Waals surface area contributed by atoms with Crippen LogP contribution in [-0.2, 0) is 10.0 Å². The highest BCUT2D eigenvalue weighted by atomic mass is 32.2. The molecule has 0 radical (unpaired) electrons. The first kappa shape index (κ1) is 22.6. The minimum Gasteiger partial charge on any atom is -0.478 e. The Morgan fingerprint density at radius 1 is 1.00 bits per heavy atom. The van der Waals surface area contributed by atoms with Crippen molar-refractivity contribution in [3.63, 3.8) is 0 Å². The lowest BCUT2D eigenvalue weighted by molar-refractivity contribution is 0.0697. The van der Waals surface area contributed by atoms with Crippen molar-refractivity contribution in [2.24, 2.45) is 0 Å². The number of carbonyl (C=O) groups is 1. The number of aryl methyl sites for hydroxylation is 1. The molecule has 2 aromatic rings. The van der Waals surface area contributed by atoms with Gasteiger partial charge >= 0.3 is 5.97 Å². The Morgan fingerprint density at radius 3 is 2.38 bits per heavy atom. The summed E-state index contributed by atoms with van der Waals surface area (Å²) < 4.78 is 28.7. The molecule has 7 nitrogen and oxygen atoms in total. The van der Waals surface area contributed by atoms with E-state index in [1.165, 1.54) is 38.4 Å². The minimum absolute atomic E-state index is 0.0545. The topological polar surface area (TPSA) is 89.9 Å². The van der Waals surface area contributed by atoms with Crippen molar-refractivity contribution in [1.29, 1.82) is 0 Å². The molecule has 0 aliphatic carbocycles. The number of aromatic carboxylic acids is 1. The van der Waals surface area contributed by atoms with E-state index in [0.29, 0.717) is 11.7 Å². The second-order valence-electron chi connectivity index (χ2n) is 8.77. The van der Waals surface area contributed by atoms with Gasteiger partial charge in [0, 0.05) is 19.1 Å². The molecule has 0 atom stereocenters. The number of carboxylic acid groups (broad SMARTS) is 1. The highest BCUT2D eigenvalue weighted by molar-refractivity contribution is 7.92. The van der Waals surface area contributed by atoms with E-state index >= 15 is 0 Å². The van der Waals surface area contributed by atoms with Crippen LogP contribution in [-0.4, -0.2) is 56.6 Å². The van der Waals surface area contributed by atoms with Crippen LogP contribution in [0.4, 0.5) is 11.4 Å². The Labute approximate surface area is 190 Å². The summed E-state index contributed by atoms with van der Waals surface area (Å²) in [6, 6.07) is 11.9. The van der Waals surface area contributed by atoms with Crippen LogP contribution >= 0.6 is 0 Å². The molecule has 4 rings (SSSR count). The van der Waals surface area contributed by atoms with Gasteiger partial charge in [-0.25, -0.2) is 13.2 Å². The predicted octanol–water partition coefficient (Wildman–Crippen LogP) is 3.95. The van der Waals surface area contributed by atoms with Gasteiger partial charge in [-0.2, -0.15) is 0 Å². The highest BCUT2D eigenvalue weighted by Crippen LogP contribution is 2.33. The van der Waals surface area contributed by atoms with E-state index in [0.717, 1.165) is 37.2 Å². The van der Waals surface area contributed by atoms with Gasteiger partial charge in [-0.1, -0.05) is 18.6 Å². The molecule has 32 heavy (non-hydrogen) atoms. The normalized spacial score (nSPS) is 18.5. The summed E-state index contributed by atoms with van der Waals surface area (Å²) in [6.07, 6.45) is 5.88. The second-order valence-corrected chi connectivity index (χ2v) is 10.5. The fourth-order valence-corrected chi connectivity index (χ4v) is 5.94. The molecule has 2 aromatic carbocycles. The van der Waals surface area contributed by atoms with E-state index in [9.17, 15) is 18.3 Å². The molecular weight excluding hydrogens is 426 g/mol. The monoisotopic (exact) mass is 457 g/mol. The van der Waals surface area contributed by atoms with Crippen molar-refractivity contribution in [2.45, 2.75) is 50.0 Å². The number of piperidine rings is 2. The number of nitrogens with zero attached hydrogens (tertiary/aromatic N) is 2. The molecule has 0 bridgehead atoms. The van der Waals surface area contributed by atoms with Gasteiger partial charge < -0.3 is 14.9 Å². The number of hydrogen-bond acceptors (Lipinski definition) is 5. The zero-order valence-electron chi connectivity index (χ0n) is 18.5.